The Morgan fingerprint density at radius 1 is 1.42 bits per heavy atom. The normalized spacial score (nSPS) is 17.5. The highest BCUT2D eigenvalue weighted by atomic mass is 32.2. The minimum absolute atomic E-state index is 0.167. The number of nitrogens with one attached hydrogen (secondary N) is 1. The van der Waals surface area contributed by atoms with Crippen LogP contribution in [0.4, 0.5) is 0 Å². The van der Waals surface area contributed by atoms with Crippen LogP contribution in [0.5, 0.6) is 0 Å². The Balaban J connectivity index is 0.000000499. The van der Waals surface area contributed by atoms with Gasteiger partial charge < -0.3 is 10.8 Å². The first-order valence-corrected chi connectivity index (χ1v) is 9.27. The molecular weight excluding hydrogens is 360 g/mol. The lowest BCUT2D eigenvalue weighted by Gasteiger charge is -2.23. The molecule has 1 aromatic rings. The fourth-order valence-electron chi connectivity index (χ4n) is 2.29. The summed E-state index contributed by atoms with van der Waals surface area (Å²) in [5.41, 5.74) is 10.7. The van der Waals surface area contributed by atoms with Crippen LogP contribution in [0, 0.1) is 6.92 Å². The smallest absolute Gasteiger partial charge is 0.302 e. The molecule has 0 radical (unpaired) electrons. The van der Waals surface area contributed by atoms with E-state index in [-0.39, 0.29) is 12.6 Å². The Morgan fingerprint density at radius 2 is 2.00 bits per heavy atom. The third-order valence-corrected chi connectivity index (χ3v) is 4.15. The molecule has 6 N–H and O–H groups in total. The average molecular weight is 384 g/mol. The molecule has 1 atom stereocenters. The first-order chi connectivity index (χ1) is 12.2. The zero-order valence-electron chi connectivity index (χ0n) is 14.8. The Hall–Kier alpha value is -2.79. The van der Waals surface area contributed by atoms with Gasteiger partial charge in [-0.25, -0.2) is 14.1 Å². The van der Waals surface area contributed by atoms with Gasteiger partial charge in [0.1, 0.15) is 0 Å². The van der Waals surface area contributed by atoms with Crippen molar-refractivity contribution in [2.75, 3.05) is 0 Å². The standard InChI is InChI=1S/C11H14N6O2S.C3H8.CH2O2/c1-7-9(4-5-17(7)20(13,18)19)8-2-3-10-14-11(12)15-16(10)6-8;1-3-2;2-1-3/h2-6,10H,1H3,(H3,12,14,15)(H2,13,18,19);3H2,1-2H3;1H,(H,2,3). The monoisotopic (exact) mass is 384 g/mol. The second-order valence-electron chi connectivity index (χ2n) is 5.36. The van der Waals surface area contributed by atoms with Gasteiger partial charge in [-0.3, -0.25) is 15.2 Å². The molecule has 2 aliphatic rings. The molecule has 11 heteroatoms. The lowest BCUT2D eigenvalue weighted by Crippen LogP contribution is -2.39. The number of hydrogen-bond donors (Lipinski definition) is 4. The maximum Gasteiger partial charge on any atom is 0.302 e. The minimum Gasteiger partial charge on any atom is -0.483 e. The van der Waals surface area contributed by atoms with E-state index in [1.807, 2.05) is 18.4 Å². The predicted octanol–water partition coefficient (Wildman–Crippen LogP) is 0.337. The van der Waals surface area contributed by atoms with Gasteiger partial charge in [-0.2, -0.15) is 8.42 Å². The third-order valence-electron chi connectivity index (χ3n) is 3.21. The number of hydrogen-bond acceptors (Lipinski definition) is 7. The highest BCUT2D eigenvalue weighted by molar-refractivity contribution is 7.87. The van der Waals surface area contributed by atoms with Crippen molar-refractivity contribution in [3.05, 3.63) is 41.9 Å². The van der Waals surface area contributed by atoms with Gasteiger partial charge in [0.15, 0.2) is 6.17 Å². The third kappa shape index (κ3) is 5.10. The Kier molecular flexibility index (Phi) is 7.41. The molecule has 1 unspecified atom stereocenters. The number of carbonyl (C=O) groups is 1. The van der Waals surface area contributed by atoms with E-state index in [2.05, 4.69) is 24.3 Å². The summed E-state index contributed by atoms with van der Waals surface area (Å²) in [5, 5.41) is 13.8. The van der Waals surface area contributed by atoms with Gasteiger partial charge >= 0.3 is 10.2 Å². The van der Waals surface area contributed by atoms with Crippen molar-refractivity contribution in [2.45, 2.75) is 33.4 Å². The summed E-state index contributed by atoms with van der Waals surface area (Å²) >= 11 is 0. The number of nitrogens with two attached hydrogens (primary N) is 2. The lowest BCUT2D eigenvalue weighted by atomic mass is 10.1. The van der Waals surface area contributed by atoms with Crippen LogP contribution in [0.2, 0.25) is 0 Å². The zero-order valence-corrected chi connectivity index (χ0v) is 15.6. The van der Waals surface area contributed by atoms with Gasteiger partial charge in [0.05, 0.1) is 0 Å². The van der Waals surface area contributed by atoms with Crippen molar-refractivity contribution in [3.63, 3.8) is 0 Å². The van der Waals surface area contributed by atoms with E-state index >= 15 is 0 Å². The van der Waals surface area contributed by atoms with E-state index < -0.39 is 10.2 Å². The highest BCUT2D eigenvalue weighted by Crippen LogP contribution is 2.27. The fourth-order valence-corrected chi connectivity index (χ4v) is 3.00. The maximum atomic E-state index is 11.4. The van der Waals surface area contributed by atoms with Gasteiger partial charge in [0, 0.05) is 29.2 Å². The van der Waals surface area contributed by atoms with Crippen molar-refractivity contribution in [1.29, 1.82) is 0 Å². The highest BCUT2D eigenvalue weighted by Gasteiger charge is 2.24. The molecule has 0 spiro atoms. The summed E-state index contributed by atoms with van der Waals surface area (Å²) in [4.78, 5) is 12.5. The molecule has 0 fully saturated rings. The lowest BCUT2D eigenvalue weighted by molar-refractivity contribution is -0.122. The molecule has 0 saturated carbocycles. The van der Waals surface area contributed by atoms with Crippen LogP contribution < -0.4 is 16.3 Å². The van der Waals surface area contributed by atoms with Crippen molar-refractivity contribution in [3.8, 4) is 0 Å². The molecule has 1 aromatic heterocycles. The predicted molar refractivity (Wildman–Crippen MR) is 99.8 cm³/mol. The summed E-state index contributed by atoms with van der Waals surface area (Å²) in [6.07, 6.45) is 8.09. The van der Waals surface area contributed by atoms with E-state index in [0.29, 0.717) is 11.7 Å². The van der Waals surface area contributed by atoms with Gasteiger partial charge in [-0.05, 0) is 19.1 Å². The van der Waals surface area contributed by atoms with Crippen molar-refractivity contribution in [1.82, 2.24) is 14.4 Å². The summed E-state index contributed by atoms with van der Waals surface area (Å²) in [7, 11) is -3.78. The van der Waals surface area contributed by atoms with Crippen LogP contribution in [0.3, 0.4) is 0 Å². The van der Waals surface area contributed by atoms with E-state index in [1.54, 1.807) is 18.0 Å². The van der Waals surface area contributed by atoms with E-state index in [4.69, 9.17) is 20.8 Å². The molecule has 0 bridgehead atoms. The van der Waals surface area contributed by atoms with Gasteiger partial charge in [-0.15, -0.1) is 0 Å². The Bertz CT molecular complexity index is 825. The van der Waals surface area contributed by atoms with E-state index in [1.165, 1.54) is 12.6 Å². The second kappa shape index (κ2) is 9.06. The molecule has 10 nitrogen and oxygen atoms in total. The molecule has 0 amide bonds. The number of rotatable bonds is 2. The minimum atomic E-state index is -3.78. The van der Waals surface area contributed by atoms with Crippen LogP contribution in [0.15, 0.2) is 35.6 Å². The fraction of sp³-hybridized carbons (Fsp3) is 0.333. The van der Waals surface area contributed by atoms with Crippen molar-refractivity contribution < 1.29 is 18.3 Å². The number of aliphatic imine (C=N–C) groups is 1. The molecule has 3 heterocycles. The quantitative estimate of drug-likeness (QED) is 0.535. The summed E-state index contributed by atoms with van der Waals surface area (Å²) in [6, 6.07) is 1.70. The van der Waals surface area contributed by atoms with Crippen LogP contribution >= 0.6 is 0 Å². The number of nitrogens with zero attached hydrogens (tertiary/aromatic N) is 3. The molecule has 0 aliphatic carbocycles. The zero-order chi connectivity index (χ0) is 19.9. The Labute approximate surface area is 152 Å². The summed E-state index contributed by atoms with van der Waals surface area (Å²) < 4.78 is 23.9. The average Bonchev–Trinajstić information content (AvgIpc) is 3.09. The molecule has 3 rings (SSSR count). The number of aromatic nitrogens is 1. The van der Waals surface area contributed by atoms with Gasteiger partial charge in [0.2, 0.25) is 5.96 Å². The number of allylic oxidation sites excluding steroid dienone is 2. The summed E-state index contributed by atoms with van der Waals surface area (Å²) in [5.74, 6) is 0.343. The molecule has 2 aliphatic heterocycles. The van der Waals surface area contributed by atoms with E-state index in [9.17, 15) is 8.42 Å². The maximum absolute atomic E-state index is 11.4. The summed E-state index contributed by atoms with van der Waals surface area (Å²) in [6.45, 7) is 5.70. The van der Waals surface area contributed by atoms with Crippen LogP contribution in [0.1, 0.15) is 31.5 Å². The Morgan fingerprint density at radius 3 is 2.50 bits per heavy atom. The first kappa shape index (κ1) is 21.3. The molecule has 144 valence electrons. The largest absolute Gasteiger partial charge is 0.483 e. The van der Waals surface area contributed by atoms with Crippen LogP contribution in [-0.2, 0) is 15.0 Å². The topological polar surface area (TPSA) is 156 Å². The van der Waals surface area contributed by atoms with Crippen LogP contribution in [-0.4, -0.2) is 41.1 Å². The number of guanidine groups is 1. The molecule has 0 saturated heterocycles. The molecular formula is C15H24N6O4S. The van der Waals surface area contributed by atoms with Gasteiger partial charge in [0.25, 0.3) is 6.47 Å². The first-order valence-electron chi connectivity index (χ1n) is 7.77. The van der Waals surface area contributed by atoms with Crippen LogP contribution in [0.25, 0.3) is 5.57 Å². The van der Waals surface area contributed by atoms with Crippen molar-refractivity contribution in [2.24, 2.45) is 15.9 Å². The molecule has 26 heavy (non-hydrogen) atoms. The van der Waals surface area contributed by atoms with Gasteiger partial charge in [-0.1, -0.05) is 26.3 Å². The number of fused-ring (bicyclic) bond motifs is 1. The van der Waals surface area contributed by atoms with Crippen molar-refractivity contribution >= 4 is 28.2 Å². The number of hydrazine groups is 1. The molecule has 0 aromatic carbocycles. The number of carboxylic acid groups (broad SMARTS) is 1. The SMILES string of the molecule is CCC.Cc1c(C2=CN3NC(N)=NC3C=C2)ccn1S(N)(=O)=O.O=CO. The second-order valence-corrected chi connectivity index (χ2v) is 6.78. The van der Waals surface area contributed by atoms with E-state index in [0.717, 1.165) is 15.1 Å².